The van der Waals surface area contributed by atoms with Crippen LogP contribution in [0.15, 0.2) is 90.0 Å². The Hall–Kier alpha value is -3.37. The van der Waals surface area contributed by atoms with E-state index in [1.54, 1.807) is 7.11 Å². The van der Waals surface area contributed by atoms with Crippen molar-refractivity contribution in [3.8, 4) is 5.75 Å². The van der Waals surface area contributed by atoms with Gasteiger partial charge >= 0.3 is 0 Å². The van der Waals surface area contributed by atoms with Gasteiger partial charge < -0.3 is 9.47 Å². The molecule has 4 rings (SSSR count). The fourth-order valence-corrected chi connectivity index (χ4v) is 4.03. The van der Waals surface area contributed by atoms with Gasteiger partial charge in [0.2, 0.25) is 0 Å². The van der Waals surface area contributed by atoms with Gasteiger partial charge in [-0.1, -0.05) is 81.4 Å². The molecule has 1 heterocycles. The molecule has 1 unspecified atom stereocenters. The van der Waals surface area contributed by atoms with E-state index >= 15 is 0 Å². The number of hydrogen-bond acceptors (Lipinski definition) is 4. The van der Waals surface area contributed by atoms with Crippen LogP contribution in [0, 0.1) is 0 Å². The predicted molar refractivity (Wildman–Crippen MR) is 142 cm³/mol. The maximum atomic E-state index is 5.74. The standard InChI is InChI=1S/C30H34N2O2/c1-30(2,3)25-15-10-23(11-16-25)12-17-26-22-29(32(31-26)27-8-6-5-7-9-27)24-13-18-28(19-14-24)34-21-20-33-4/h5-19,29H,20-22H2,1-4H3/b17-12+. The van der Waals surface area contributed by atoms with Crippen LogP contribution < -0.4 is 9.75 Å². The summed E-state index contributed by atoms with van der Waals surface area (Å²) in [5.41, 5.74) is 6.05. The molecule has 0 bridgehead atoms. The molecule has 1 atom stereocenters. The summed E-state index contributed by atoms with van der Waals surface area (Å²) in [5.74, 6) is 0.852. The van der Waals surface area contributed by atoms with Crippen molar-refractivity contribution in [2.75, 3.05) is 25.3 Å². The first-order chi connectivity index (χ1) is 16.4. The Bertz CT molecular complexity index is 1110. The molecule has 3 aromatic carbocycles. The SMILES string of the molecule is COCCOc1ccc(C2CC(/C=C/c3ccc(C(C)(C)C)cc3)=NN2c2ccccc2)cc1. The highest BCUT2D eigenvalue weighted by molar-refractivity contribution is 6.01. The van der Waals surface area contributed by atoms with E-state index in [0.29, 0.717) is 13.2 Å². The fourth-order valence-electron chi connectivity index (χ4n) is 4.03. The lowest BCUT2D eigenvalue weighted by Gasteiger charge is -2.24. The van der Waals surface area contributed by atoms with E-state index in [0.717, 1.165) is 23.6 Å². The van der Waals surface area contributed by atoms with Gasteiger partial charge in [0, 0.05) is 13.5 Å². The summed E-state index contributed by atoms with van der Waals surface area (Å²) in [4.78, 5) is 0. The molecule has 0 saturated heterocycles. The molecule has 4 nitrogen and oxygen atoms in total. The Morgan fingerprint density at radius 2 is 1.59 bits per heavy atom. The number of methoxy groups -OCH3 is 1. The van der Waals surface area contributed by atoms with Crippen LogP contribution in [0.25, 0.3) is 6.08 Å². The third-order valence-corrected chi connectivity index (χ3v) is 6.02. The number of anilines is 1. The Balaban J connectivity index is 1.53. The van der Waals surface area contributed by atoms with Crippen LogP contribution in [0.2, 0.25) is 0 Å². The molecule has 0 fully saturated rings. The molecule has 0 saturated carbocycles. The minimum atomic E-state index is 0.137. The molecule has 0 aliphatic carbocycles. The summed E-state index contributed by atoms with van der Waals surface area (Å²) in [6.45, 7) is 7.84. The number of para-hydroxylation sites is 1. The van der Waals surface area contributed by atoms with Crippen LogP contribution in [-0.2, 0) is 10.2 Å². The smallest absolute Gasteiger partial charge is 0.119 e. The van der Waals surface area contributed by atoms with E-state index in [2.05, 4.69) is 98.6 Å². The normalized spacial score (nSPS) is 16.2. The average Bonchev–Trinajstić information content (AvgIpc) is 3.28. The van der Waals surface area contributed by atoms with Crippen molar-refractivity contribution in [1.82, 2.24) is 0 Å². The molecule has 0 radical (unpaired) electrons. The van der Waals surface area contributed by atoms with Crippen molar-refractivity contribution in [3.05, 3.63) is 102 Å². The van der Waals surface area contributed by atoms with Gasteiger partial charge in [-0.15, -0.1) is 0 Å². The summed E-state index contributed by atoms with van der Waals surface area (Å²) < 4.78 is 10.8. The van der Waals surface area contributed by atoms with E-state index in [1.165, 1.54) is 16.7 Å². The van der Waals surface area contributed by atoms with Crippen molar-refractivity contribution in [2.24, 2.45) is 5.10 Å². The second-order valence-electron chi connectivity index (χ2n) is 9.61. The first-order valence-electron chi connectivity index (χ1n) is 11.9. The molecular weight excluding hydrogens is 420 g/mol. The predicted octanol–water partition coefficient (Wildman–Crippen LogP) is 7.03. The Morgan fingerprint density at radius 3 is 2.24 bits per heavy atom. The summed E-state index contributed by atoms with van der Waals surface area (Å²) in [6, 6.07) is 27.6. The zero-order chi connectivity index (χ0) is 24.0. The Kier molecular flexibility index (Phi) is 7.49. The molecule has 4 heteroatoms. The number of rotatable bonds is 8. The third-order valence-electron chi connectivity index (χ3n) is 6.02. The number of benzene rings is 3. The second kappa shape index (κ2) is 10.7. The van der Waals surface area contributed by atoms with Gasteiger partial charge in [0.1, 0.15) is 12.4 Å². The molecule has 0 spiro atoms. The third kappa shape index (κ3) is 5.95. The summed E-state index contributed by atoms with van der Waals surface area (Å²) in [7, 11) is 1.68. The summed E-state index contributed by atoms with van der Waals surface area (Å²) >= 11 is 0. The van der Waals surface area contributed by atoms with Crippen molar-refractivity contribution < 1.29 is 9.47 Å². The van der Waals surface area contributed by atoms with Gasteiger partial charge in [0.05, 0.1) is 24.0 Å². The van der Waals surface area contributed by atoms with Crippen molar-refractivity contribution in [1.29, 1.82) is 0 Å². The minimum absolute atomic E-state index is 0.137. The van der Waals surface area contributed by atoms with Crippen LogP contribution >= 0.6 is 0 Å². The van der Waals surface area contributed by atoms with E-state index < -0.39 is 0 Å². The maximum absolute atomic E-state index is 5.74. The zero-order valence-electron chi connectivity index (χ0n) is 20.6. The Morgan fingerprint density at radius 1 is 0.882 bits per heavy atom. The number of hydrazone groups is 1. The summed E-state index contributed by atoms with van der Waals surface area (Å²) in [6.07, 6.45) is 5.14. The van der Waals surface area contributed by atoms with E-state index in [4.69, 9.17) is 14.6 Å². The monoisotopic (exact) mass is 454 g/mol. The number of hydrogen-bond donors (Lipinski definition) is 0. The number of nitrogens with zero attached hydrogens (tertiary/aromatic N) is 2. The van der Waals surface area contributed by atoms with Crippen LogP contribution in [-0.4, -0.2) is 26.0 Å². The fraction of sp³-hybridized carbons (Fsp3) is 0.300. The highest BCUT2D eigenvalue weighted by Crippen LogP contribution is 2.36. The van der Waals surface area contributed by atoms with E-state index in [9.17, 15) is 0 Å². The van der Waals surface area contributed by atoms with Gasteiger partial charge in [0.25, 0.3) is 0 Å². The van der Waals surface area contributed by atoms with Crippen molar-refractivity contribution >= 4 is 17.5 Å². The van der Waals surface area contributed by atoms with E-state index in [-0.39, 0.29) is 11.5 Å². The Labute approximate surface area is 203 Å². The molecule has 0 aromatic heterocycles. The molecular formula is C30H34N2O2. The lowest BCUT2D eigenvalue weighted by atomic mass is 9.87. The van der Waals surface area contributed by atoms with Crippen molar-refractivity contribution in [2.45, 2.75) is 38.6 Å². The first-order valence-corrected chi connectivity index (χ1v) is 11.9. The van der Waals surface area contributed by atoms with Crippen LogP contribution in [0.4, 0.5) is 5.69 Å². The maximum Gasteiger partial charge on any atom is 0.119 e. The number of allylic oxidation sites excluding steroid dienone is 1. The number of ether oxygens (including phenoxy) is 2. The zero-order valence-corrected chi connectivity index (χ0v) is 20.6. The van der Waals surface area contributed by atoms with E-state index in [1.807, 2.05) is 18.2 Å². The topological polar surface area (TPSA) is 34.1 Å². The average molecular weight is 455 g/mol. The molecule has 34 heavy (non-hydrogen) atoms. The van der Waals surface area contributed by atoms with Crippen LogP contribution in [0.1, 0.15) is 49.9 Å². The highest BCUT2D eigenvalue weighted by atomic mass is 16.5. The second-order valence-corrected chi connectivity index (χ2v) is 9.61. The molecule has 0 N–H and O–H groups in total. The molecule has 3 aromatic rings. The van der Waals surface area contributed by atoms with Gasteiger partial charge in [-0.25, -0.2) is 0 Å². The summed E-state index contributed by atoms with van der Waals surface area (Å²) in [5, 5.41) is 7.11. The van der Waals surface area contributed by atoms with Gasteiger partial charge in [-0.2, -0.15) is 5.10 Å². The molecule has 1 aliphatic rings. The molecule has 1 aliphatic heterocycles. The van der Waals surface area contributed by atoms with Gasteiger partial charge in [-0.3, -0.25) is 5.01 Å². The first kappa shape index (κ1) is 23.8. The molecule has 176 valence electrons. The largest absolute Gasteiger partial charge is 0.491 e. The minimum Gasteiger partial charge on any atom is -0.491 e. The van der Waals surface area contributed by atoms with Crippen LogP contribution in [0.3, 0.4) is 0 Å². The molecule has 0 amide bonds. The lowest BCUT2D eigenvalue weighted by molar-refractivity contribution is 0.146. The van der Waals surface area contributed by atoms with Crippen molar-refractivity contribution in [3.63, 3.8) is 0 Å². The highest BCUT2D eigenvalue weighted by Gasteiger charge is 2.28. The quantitative estimate of drug-likeness (QED) is 0.343. The van der Waals surface area contributed by atoms with Crippen LogP contribution in [0.5, 0.6) is 5.75 Å². The lowest BCUT2D eigenvalue weighted by Crippen LogP contribution is -2.18. The van der Waals surface area contributed by atoms with Gasteiger partial charge in [-0.05, 0) is 52.4 Å². The van der Waals surface area contributed by atoms with Gasteiger partial charge in [0.15, 0.2) is 0 Å².